The van der Waals surface area contributed by atoms with Gasteiger partial charge < -0.3 is 9.80 Å². The summed E-state index contributed by atoms with van der Waals surface area (Å²) in [6, 6.07) is 10.2. The maximum Gasteiger partial charge on any atom is 0.241 e. The Morgan fingerprint density at radius 3 is 2.71 bits per heavy atom. The summed E-state index contributed by atoms with van der Waals surface area (Å²) in [6.07, 6.45) is 2.62. The third-order valence-corrected chi connectivity index (χ3v) is 5.64. The molecule has 2 aliphatic heterocycles. The molecule has 0 bridgehead atoms. The molecule has 1 amide bonds. The Balaban J connectivity index is 1.32. The molecule has 2 fully saturated rings. The third kappa shape index (κ3) is 3.15. The van der Waals surface area contributed by atoms with E-state index >= 15 is 0 Å². The Kier molecular flexibility index (Phi) is 4.46. The van der Waals surface area contributed by atoms with E-state index < -0.39 is 0 Å². The molecule has 0 aromatic carbocycles. The van der Waals surface area contributed by atoms with Gasteiger partial charge in [-0.05, 0) is 30.0 Å². The van der Waals surface area contributed by atoms with E-state index in [1.807, 2.05) is 35.4 Å². The van der Waals surface area contributed by atoms with Gasteiger partial charge in [0.2, 0.25) is 5.91 Å². The van der Waals surface area contributed by atoms with Gasteiger partial charge in [-0.15, -0.1) is 11.3 Å². The number of nitrogens with one attached hydrogen (secondary N) is 2. The molecule has 2 saturated heterocycles. The van der Waals surface area contributed by atoms with Crippen LogP contribution in [0.25, 0.3) is 0 Å². The standard InChI is InChI=1S/C17H21N5OS/c23-17(14-12-13(19-20-14)15-4-3-11-24-15)22-9-7-21(8-10-22)16-5-1-2-6-18-16/h1-6,11,13-14,19-20H,7-10,12H2. The number of rotatable bonds is 3. The third-order valence-electron chi connectivity index (χ3n) is 4.65. The van der Waals surface area contributed by atoms with Gasteiger partial charge in [-0.2, -0.15) is 0 Å². The minimum absolute atomic E-state index is 0.140. The van der Waals surface area contributed by atoms with E-state index in [-0.39, 0.29) is 18.0 Å². The number of aromatic nitrogens is 1. The van der Waals surface area contributed by atoms with E-state index in [2.05, 4.69) is 32.2 Å². The summed E-state index contributed by atoms with van der Waals surface area (Å²) < 4.78 is 0. The molecule has 7 heteroatoms. The van der Waals surface area contributed by atoms with E-state index in [0.717, 1.165) is 38.4 Å². The number of pyridine rings is 1. The Morgan fingerprint density at radius 2 is 2.00 bits per heavy atom. The lowest BCUT2D eigenvalue weighted by Gasteiger charge is -2.36. The first kappa shape index (κ1) is 15.6. The van der Waals surface area contributed by atoms with E-state index in [1.165, 1.54) is 4.88 Å². The van der Waals surface area contributed by atoms with Crippen molar-refractivity contribution in [1.82, 2.24) is 20.7 Å². The van der Waals surface area contributed by atoms with Crippen molar-refractivity contribution in [3.05, 3.63) is 46.8 Å². The summed E-state index contributed by atoms with van der Waals surface area (Å²) in [4.78, 5) is 22.6. The molecule has 24 heavy (non-hydrogen) atoms. The molecular weight excluding hydrogens is 322 g/mol. The van der Waals surface area contributed by atoms with Crippen molar-refractivity contribution in [1.29, 1.82) is 0 Å². The van der Waals surface area contributed by atoms with Crippen molar-refractivity contribution < 1.29 is 4.79 Å². The predicted molar refractivity (Wildman–Crippen MR) is 94.8 cm³/mol. The molecule has 2 aliphatic rings. The number of thiophene rings is 1. The van der Waals surface area contributed by atoms with Crippen LogP contribution in [-0.4, -0.2) is 48.0 Å². The fourth-order valence-corrected chi connectivity index (χ4v) is 4.10. The monoisotopic (exact) mass is 343 g/mol. The van der Waals surface area contributed by atoms with Crippen LogP contribution in [0.5, 0.6) is 0 Å². The van der Waals surface area contributed by atoms with Crippen molar-refractivity contribution in [2.75, 3.05) is 31.1 Å². The number of hydrazine groups is 1. The number of nitrogens with zero attached hydrogens (tertiary/aromatic N) is 3. The summed E-state index contributed by atoms with van der Waals surface area (Å²) in [5.74, 6) is 1.19. The predicted octanol–water partition coefficient (Wildman–Crippen LogP) is 1.40. The van der Waals surface area contributed by atoms with Gasteiger partial charge in [-0.25, -0.2) is 15.8 Å². The van der Waals surface area contributed by atoms with Crippen molar-refractivity contribution in [3.63, 3.8) is 0 Å². The number of amides is 1. The van der Waals surface area contributed by atoms with Gasteiger partial charge in [0.05, 0.1) is 6.04 Å². The van der Waals surface area contributed by atoms with E-state index in [0.29, 0.717) is 0 Å². The smallest absolute Gasteiger partial charge is 0.241 e. The van der Waals surface area contributed by atoms with Crippen LogP contribution in [0.15, 0.2) is 41.9 Å². The molecule has 2 N–H and O–H groups in total. The number of hydrogen-bond donors (Lipinski definition) is 2. The Bertz CT molecular complexity index is 670. The van der Waals surface area contributed by atoms with Gasteiger partial charge in [0.15, 0.2) is 0 Å². The molecule has 0 spiro atoms. The SMILES string of the molecule is O=C(C1CC(c2cccs2)NN1)N1CCN(c2ccccn2)CC1. The van der Waals surface area contributed by atoms with Gasteiger partial charge in [0.1, 0.15) is 11.9 Å². The van der Waals surface area contributed by atoms with Gasteiger partial charge in [-0.1, -0.05) is 12.1 Å². The number of carbonyl (C=O) groups is 1. The van der Waals surface area contributed by atoms with Gasteiger partial charge >= 0.3 is 0 Å². The minimum Gasteiger partial charge on any atom is -0.353 e. The van der Waals surface area contributed by atoms with Crippen LogP contribution in [0.3, 0.4) is 0 Å². The second-order valence-electron chi connectivity index (χ2n) is 6.15. The van der Waals surface area contributed by atoms with Gasteiger partial charge in [-0.3, -0.25) is 4.79 Å². The molecule has 6 nitrogen and oxygen atoms in total. The molecule has 4 heterocycles. The van der Waals surface area contributed by atoms with Crippen LogP contribution in [0, 0.1) is 0 Å². The zero-order chi connectivity index (χ0) is 16.4. The lowest BCUT2D eigenvalue weighted by molar-refractivity contribution is -0.133. The van der Waals surface area contributed by atoms with Gasteiger partial charge in [0, 0.05) is 37.3 Å². The highest BCUT2D eigenvalue weighted by Crippen LogP contribution is 2.26. The highest BCUT2D eigenvalue weighted by atomic mass is 32.1. The average Bonchev–Trinajstić information content (AvgIpc) is 3.33. The molecule has 2 aromatic rings. The zero-order valence-electron chi connectivity index (χ0n) is 13.4. The fourth-order valence-electron chi connectivity index (χ4n) is 3.31. The summed E-state index contributed by atoms with van der Waals surface area (Å²) in [6.45, 7) is 3.16. The van der Waals surface area contributed by atoms with Crippen molar-refractivity contribution in [3.8, 4) is 0 Å². The number of hydrogen-bond acceptors (Lipinski definition) is 6. The van der Waals surface area contributed by atoms with Crippen LogP contribution in [0.4, 0.5) is 5.82 Å². The molecule has 0 radical (unpaired) electrons. The quantitative estimate of drug-likeness (QED) is 0.882. The molecule has 0 saturated carbocycles. The number of carbonyl (C=O) groups excluding carboxylic acids is 1. The molecule has 126 valence electrons. The van der Waals surface area contributed by atoms with Crippen LogP contribution >= 0.6 is 11.3 Å². The number of piperazine rings is 1. The first-order valence-electron chi connectivity index (χ1n) is 8.30. The second kappa shape index (κ2) is 6.88. The summed E-state index contributed by atoms with van der Waals surface area (Å²) in [5.41, 5.74) is 6.43. The fraction of sp³-hybridized carbons (Fsp3) is 0.412. The van der Waals surface area contributed by atoms with Crippen LogP contribution in [0.1, 0.15) is 17.3 Å². The first-order valence-corrected chi connectivity index (χ1v) is 9.18. The zero-order valence-corrected chi connectivity index (χ0v) is 14.2. The van der Waals surface area contributed by atoms with E-state index in [4.69, 9.17) is 0 Å². The minimum atomic E-state index is -0.140. The van der Waals surface area contributed by atoms with Crippen LogP contribution in [0.2, 0.25) is 0 Å². The van der Waals surface area contributed by atoms with Crippen molar-refractivity contribution in [2.45, 2.75) is 18.5 Å². The van der Waals surface area contributed by atoms with Crippen LogP contribution in [-0.2, 0) is 4.79 Å². The Labute approximate surface area is 145 Å². The summed E-state index contributed by atoms with van der Waals surface area (Å²) >= 11 is 1.73. The maximum absolute atomic E-state index is 12.8. The molecule has 4 rings (SSSR count). The van der Waals surface area contributed by atoms with E-state index in [1.54, 1.807) is 11.3 Å². The normalized spacial score (nSPS) is 24.3. The lowest BCUT2D eigenvalue weighted by atomic mass is 10.1. The molecule has 2 atom stereocenters. The van der Waals surface area contributed by atoms with Crippen molar-refractivity contribution >= 4 is 23.1 Å². The Morgan fingerprint density at radius 1 is 1.12 bits per heavy atom. The average molecular weight is 343 g/mol. The van der Waals surface area contributed by atoms with Crippen LogP contribution < -0.4 is 15.8 Å². The molecule has 0 aliphatic carbocycles. The van der Waals surface area contributed by atoms with Crippen molar-refractivity contribution in [2.24, 2.45) is 0 Å². The number of anilines is 1. The molecular formula is C17H21N5OS. The topological polar surface area (TPSA) is 60.5 Å². The Hall–Kier alpha value is -1.96. The molecule has 2 aromatic heterocycles. The lowest BCUT2D eigenvalue weighted by Crippen LogP contribution is -2.53. The molecule has 2 unspecified atom stereocenters. The highest BCUT2D eigenvalue weighted by Gasteiger charge is 2.34. The first-order chi connectivity index (χ1) is 11.8. The summed E-state index contributed by atoms with van der Waals surface area (Å²) in [7, 11) is 0. The maximum atomic E-state index is 12.8. The summed E-state index contributed by atoms with van der Waals surface area (Å²) in [5, 5.41) is 2.07. The van der Waals surface area contributed by atoms with E-state index in [9.17, 15) is 4.79 Å². The highest BCUT2D eigenvalue weighted by molar-refractivity contribution is 7.10. The second-order valence-corrected chi connectivity index (χ2v) is 7.12. The largest absolute Gasteiger partial charge is 0.353 e. The van der Waals surface area contributed by atoms with Gasteiger partial charge in [0.25, 0.3) is 0 Å².